The zero-order valence-electron chi connectivity index (χ0n) is 14.4. The third-order valence-corrected chi connectivity index (χ3v) is 3.82. The third kappa shape index (κ3) is 4.42. The standard InChI is InChI=1S/C18H20N6O2/c1-26-18(25)16(19)10-13-5-7-15(8-6-13)24-12-14(22-23-24)11-21-17-4-2-3-9-20-17/h2-9,12,16H,10-11,19H2,1H3,(H,20,21)/t16-/m0/s1. The SMILES string of the molecule is COC(=O)[C@@H](N)Cc1ccc(-n2cc(CNc3ccccn3)nn2)cc1. The van der Waals surface area contributed by atoms with E-state index < -0.39 is 12.0 Å². The lowest BCUT2D eigenvalue weighted by Crippen LogP contribution is -2.33. The van der Waals surface area contributed by atoms with Crippen molar-refractivity contribution in [2.24, 2.45) is 5.73 Å². The predicted octanol–water partition coefficient (Wildman–Crippen LogP) is 1.32. The molecule has 0 fully saturated rings. The Balaban J connectivity index is 1.61. The first-order valence-electron chi connectivity index (χ1n) is 8.14. The van der Waals surface area contributed by atoms with Crippen molar-refractivity contribution in [3.63, 3.8) is 0 Å². The summed E-state index contributed by atoms with van der Waals surface area (Å²) >= 11 is 0. The predicted molar refractivity (Wildman–Crippen MR) is 96.6 cm³/mol. The summed E-state index contributed by atoms with van der Waals surface area (Å²) in [4.78, 5) is 15.6. The van der Waals surface area contributed by atoms with Crippen molar-refractivity contribution in [1.29, 1.82) is 0 Å². The van der Waals surface area contributed by atoms with E-state index in [4.69, 9.17) is 5.73 Å². The molecule has 0 aliphatic rings. The number of hydrogen-bond donors (Lipinski definition) is 2. The molecule has 3 aromatic rings. The van der Waals surface area contributed by atoms with Crippen LogP contribution in [0.1, 0.15) is 11.3 Å². The lowest BCUT2D eigenvalue weighted by molar-refractivity contribution is -0.142. The summed E-state index contributed by atoms with van der Waals surface area (Å²) in [6.45, 7) is 0.531. The molecule has 8 heteroatoms. The Morgan fingerprint density at radius 2 is 2.08 bits per heavy atom. The molecule has 0 unspecified atom stereocenters. The number of pyridine rings is 1. The minimum atomic E-state index is -0.665. The van der Waals surface area contributed by atoms with Crippen LogP contribution in [0.25, 0.3) is 5.69 Å². The van der Waals surface area contributed by atoms with Crippen LogP contribution >= 0.6 is 0 Å². The number of carbonyl (C=O) groups excluding carboxylic acids is 1. The van der Waals surface area contributed by atoms with Gasteiger partial charge in [0.25, 0.3) is 0 Å². The Kier molecular flexibility index (Phi) is 5.55. The molecule has 2 aromatic heterocycles. The summed E-state index contributed by atoms with van der Waals surface area (Å²) < 4.78 is 6.33. The van der Waals surface area contributed by atoms with Crippen LogP contribution in [0.5, 0.6) is 0 Å². The second-order valence-corrected chi connectivity index (χ2v) is 5.72. The number of rotatable bonds is 7. The molecular formula is C18H20N6O2. The minimum absolute atomic E-state index is 0.420. The number of nitrogens with zero attached hydrogens (tertiary/aromatic N) is 4. The zero-order valence-corrected chi connectivity index (χ0v) is 14.4. The van der Waals surface area contributed by atoms with E-state index in [9.17, 15) is 4.79 Å². The Morgan fingerprint density at radius 1 is 1.27 bits per heavy atom. The number of aromatic nitrogens is 4. The first kappa shape index (κ1) is 17.6. The lowest BCUT2D eigenvalue weighted by Gasteiger charge is -2.09. The van der Waals surface area contributed by atoms with Gasteiger partial charge in [0.1, 0.15) is 17.6 Å². The summed E-state index contributed by atoms with van der Waals surface area (Å²) in [5.74, 6) is 0.365. The van der Waals surface area contributed by atoms with Gasteiger partial charge in [0.2, 0.25) is 0 Å². The van der Waals surface area contributed by atoms with Crippen molar-refractivity contribution in [3.05, 3.63) is 66.1 Å². The molecule has 0 bridgehead atoms. The first-order valence-corrected chi connectivity index (χ1v) is 8.14. The highest BCUT2D eigenvalue weighted by Gasteiger charge is 2.14. The third-order valence-electron chi connectivity index (χ3n) is 3.82. The lowest BCUT2D eigenvalue weighted by atomic mass is 10.1. The topological polar surface area (TPSA) is 108 Å². The maximum absolute atomic E-state index is 11.4. The van der Waals surface area contributed by atoms with Gasteiger partial charge in [0.15, 0.2) is 0 Å². The van der Waals surface area contributed by atoms with E-state index in [0.29, 0.717) is 13.0 Å². The van der Waals surface area contributed by atoms with Crippen molar-refractivity contribution >= 4 is 11.8 Å². The summed E-state index contributed by atoms with van der Waals surface area (Å²) in [7, 11) is 1.33. The average molecular weight is 352 g/mol. The van der Waals surface area contributed by atoms with Crippen LogP contribution in [0.3, 0.4) is 0 Å². The van der Waals surface area contributed by atoms with E-state index in [0.717, 1.165) is 22.8 Å². The van der Waals surface area contributed by atoms with Crippen molar-refractivity contribution < 1.29 is 9.53 Å². The first-order chi connectivity index (χ1) is 12.7. The number of methoxy groups -OCH3 is 1. The van der Waals surface area contributed by atoms with Crippen molar-refractivity contribution in [1.82, 2.24) is 20.0 Å². The normalized spacial score (nSPS) is 11.8. The number of hydrogen-bond acceptors (Lipinski definition) is 7. The van der Waals surface area contributed by atoms with E-state index in [2.05, 4.69) is 25.3 Å². The largest absolute Gasteiger partial charge is 0.468 e. The van der Waals surface area contributed by atoms with Gasteiger partial charge in [-0.25, -0.2) is 9.67 Å². The maximum Gasteiger partial charge on any atom is 0.322 e. The highest BCUT2D eigenvalue weighted by atomic mass is 16.5. The van der Waals surface area contributed by atoms with Gasteiger partial charge < -0.3 is 15.8 Å². The van der Waals surface area contributed by atoms with Crippen LogP contribution in [-0.4, -0.2) is 39.1 Å². The quantitative estimate of drug-likeness (QED) is 0.617. The summed E-state index contributed by atoms with van der Waals surface area (Å²) in [6, 6.07) is 12.6. The van der Waals surface area contributed by atoms with E-state index in [-0.39, 0.29) is 0 Å². The molecule has 0 saturated heterocycles. The molecule has 3 N–H and O–H groups in total. The maximum atomic E-state index is 11.4. The average Bonchev–Trinajstić information content (AvgIpc) is 3.16. The van der Waals surface area contributed by atoms with E-state index in [1.165, 1.54) is 7.11 Å². The number of carbonyl (C=O) groups is 1. The van der Waals surface area contributed by atoms with E-state index >= 15 is 0 Å². The summed E-state index contributed by atoms with van der Waals surface area (Å²) in [5.41, 5.74) is 8.40. The number of esters is 1. The second-order valence-electron chi connectivity index (χ2n) is 5.72. The molecule has 0 aliphatic heterocycles. The second kappa shape index (κ2) is 8.21. The van der Waals surface area contributed by atoms with Gasteiger partial charge in [0, 0.05) is 6.20 Å². The molecule has 26 heavy (non-hydrogen) atoms. The summed E-state index contributed by atoms with van der Waals surface area (Å²) in [5, 5.41) is 11.5. The van der Waals surface area contributed by atoms with Crippen LogP contribution in [0.4, 0.5) is 5.82 Å². The number of anilines is 1. The van der Waals surface area contributed by atoms with Gasteiger partial charge in [-0.2, -0.15) is 0 Å². The molecule has 134 valence electrons. The molecule has 0 radical (unpaired) electrons. The number of nitrogens with two attached hydrogens (primary N) is 1. The van der Waals surface area contributed by atoms with Crippen molar-refractivity contribution in [2.75, 3.05) is 12.4 Å². The van der Waals surface area contributed by atoms with Gasteiger partial charge in [-0.3, -0.25) is 4.79 Å². The van der Waals surface area contributed by atoms with Gasteiger partial charge >= 0.3 is 5.97 Å². The Hall–Kier alpha value is -3.26. The van der Waals surface area contributed by atoms with E-state index in [1.807, 2.05) is 48.7 Å². The Labute approximate surface area is 151 Å². The summed E-state index contributed by atoms with van der Waals surface area (Å²) in [6.07, 6.45) is 4.00. The zero-order chi connectivity index (χ0) is 18.4. The van der Waals surface area contributed by atoms with Crippen LogP contribution in [-0.2, 0) is 22.5 Å². The molecule has 0 amide bonds. The molecule has 0 aliphatic carbocycles. The molecular weight excluding hydrogens is 332 g/mol. The van der Waals surface area contributed by atoms with Crippen LogP contribution in [0, 0.1) is 0 Å². The minimum Gasteiger partial charge on any atom is -0.468 e. The highest BCUT2D eigenvalue weighted by Crippen LogP contribution is 2.11. The van der Waals surface area contributed by atoms with Crippen LogP contribution in [0.15, 0.2) is 54.9 Å². The fourth-order valence-corrected chi connectivity index (χ4v) is 2.43. The van der Waals surface area contributed by atoms with Crippen molar-refractivity contribution in [3.8, 4) is 5.69 Å². The van der Waals surface area contributed by atoms with E-state index in [1.54, 1.807) is 10.9 Å². The van der Waals surface area contributed by atoms with Gasteiger partial charge in [-0.1, -0.05) is 23.4 Å². The Morgan fingerprint density at radius 3 is 2.77 bits per heavy atom. The number of benzene rings is 1. The number of nitrogens with one attached hydrogen (secondary N) is 1. The smallest absolute Gasteiger partial charge is 0.322 e. The molecule has 2 heterocycles. The molecule has 0 spiro atoms. The van der Waals surface area contributed by atoms with Crippen LogP contribution in [0.2, 0.25) is 0 Å². The molecule has 0 saturated carbocycles. The fraction of sp³-hybridized carbons (Fsp3) is 0.222. The van der Waals surface area contributed by atoms with Gasteiger partial charge in [-0.15, -0.1) is 5.10 Å². The van der Waals surface area contributed by atoms with Gasteiger partial charge in [-0.05, 0) is 36.2 Å². The molecule has 3 rings (SSSR count). The molecule has 1 aromatic carbocycles. The molecule has 8 nitrogen and oxygen atoms in total. The monoisotopic (exact) mass is 352 g/mol. The molecule has 1 atom stereocenters. The Bertz CT molecular complexity index is 848. The van der Waals surface area contributed by atoms with Crippen LogP contribution < -0.4 is 11.1 Å². The highest BCUT2D eigenvalue weighted by molar-refractivity contribution is 5.75. The number of ether oxygens (including phenoxy) is 1. The van der Waals surface area contributed by atoms with Gasteiger partial charge in [0.05, 0.1) is 25.5 Å². The van der Waals surface area contributed by atoms with Crippen molar-refractivity contribution in [2.45, 2.75) is 19.0 Å². The fourth-order valence-electron chi connectivity index (χ4n) is 2.43.